The summed E-state index contributed by atoms with van der Waals surface area (Å²) in [4.78, 5) is 0. The Hall–Kier alpha value is -0.880. The van der Waals surface area contributed by atoms with E-state index in [2.05, 4.69) is 35.1 Å². The van der Waals surface area contributed by atoms with E-state index in [0.717, 1.165) is 11.5 Å². The summed E-state index contributed by atoms with van der Waals surface area (Å²) in [6.07, 6.45) is 3.01. The summed E-state index contributed by atoms with van der Waals surface area (Å²) in [6.45, 7) is 4.25. The predicted molar refractivity (Wildman–Crippen MR) is 73.2 cm³/mol. The van der Waals surface area contributed by atoms with Crippen LogP contribution in [0.15, 0.2) is 11.8 Å². The third kappa shape index (κ3) is 2.44. The zero-order valence-electron chi connectivity index (χ0n) is 9.33. The molecule has 4 N–H and O–H groups in total. The Balaban J connectivity index is 2.12. The first-order valence-electron chi connectivity index (χ1n) is 5.40. The minimum atomic E-state index is 0.249. The van der Waals surface area contributed by atoms with Gasteiger partial charge in [-0.15, -0.1) is 0 Å². The Morgan fingerprint density at radius 1 is 1.12 bits per heavy atom. The van der Waals surface area contributed by atoms with Crippen molar-refractivity contribution in [3.63, 3.8) is 0 Å². The smallest absolute Gasteiger partial charge is 0.170 e. The summed E-state index contributed by atoms with van der Waals surface area (Å²) < 4.78 is 0. The monoisotopic (exact) mass is 256 g/mol. The molecule has 2 aliphatic heterocycles. The molecule has 1 saturated heterocycles. The lowest BCUT2D eigenvalue weighted by Crippen LogP contribution is -2.57. The highest BCUT2D eigenvalue weighted by atomic mass is 32.1. The van der Waals surface area contributed by atoms with Crippen LogP contribution in [0.2, 0.25) is 0 Å². The summed E-state index contributed by atoms with van der Waals surface area (Å²) in [7, 11) is 0. The first-order valence-corrected chi connectivity index (χ1v) is 6.22. The van der Waals surface area contributed by atoms with Gasteiger partial charge in [-0.3, -0.25) is 0 Å². The molecule has 2 aliphatic rings. The van der Waals surface area contributed by atoms with Crippen LogP contribution in [-0.4, -0.2) is 28.4 Å². The molecule has 0 aromatic heterocycles. The molecule has 1 fully saturated rings. The van der Waals surface area contributed by atoms with Crippen molar-refractivity contribution in [2.24, 2.45) is 0 Å². The van der Waals surface area contributed by atoms with Crippen molar-refractivity contribution in [3.05, 3.63) is 11.8 Å². The van der Waals surface area contributed by atoms with Crippen molar-refractivity contribution >= 4 is 34.7 Å². The molecule has 0 aromatic carbocycles. The van der Waals surface area contributed by atoms with Crippen LogP contribution in [-0.2, 0) is 0 Å². The normalized spacial score (nSPS) is 34.1. The fraction of sp³-hybridized carbons (Fsp3) is 0.600. The van der Waals surface area contributed by atoms with Crippen LogP contribution in [0.5, 0.6) is 0 Å². The highest BCUT2D eigenvalue weighted by Crippen LogP contribution is 2.17. The third-order valence-corrected chi connectivity index (χ3v) is 3.36. The first-order chi connectivity index (χ1) is 7.56. The van der Waals surface area contributed by atoms with Crippen molar-refractivity contribution in [3.8, 4) is 0 Å². The molecular weight excluding hydrogens is 240 g/mol. The average Bonchev–Trinajstić information content (AvgIpc) is 2.15. The van der Waals surface area contributed by atoms with Crippen LogP contribution in [0.3, 0.4) is 0 Å². The Bertz CT molecular complexity index is 353. The maximum Gasteiger partial charge on any atom is 0.170 e. The molecule has 2 rings (SSSR count). The standard InChI is InChI=1S/C10H16N4S2/c1-5-3-8(14-10(16)12-5)7-4-11-9(15)13-6(7)2/h4-6,8H,3H2,1-2H3,(H2,11,13,15)(H2,12,14,16)/t5-,6+,8+/m1/s1. The summed E-state index contributed by atoms with van der Waals surface area (Å²) in [5, 5.41) is 14.1. The predicted octanol–water partition coefficient (Wildman–Crippen LogP) is 0.361. The second-order valence-electron chi connectivity index (χ2n) is 4.29. The van der Waals surface area contributed by atoms with Gasteiger partial charge in [-0.2, -0.15) is 0 Å². The maximum absolute atomic E-state index is 5.17. The fourth-order valence-corrected chi connectivity index (χ4v) is 2.69. The summed E-state index contributed by atoms with van der Waals surface area (Å²) in [6, 6.07) is 0.932. The molecule has 0 aromatic rings. The molecule has 6 heteroatoms. The number of rotatable bonds is 1. The molecule has 0 amide bonds. The van der Waals surface area contributed by atoms with Crippen LogP contribution >= 0.6 is 24.4 Å². The minimum Gasteiger partial charge on any atom is -0.360 e. The zero-order valence-corrected chi connectivity index (χ0v) is 11.0. The lowest BCUT2D eigenvalue weighted by molar-refractivity contribution is 0.458. The van der Waals surface area contributed by atoms with Crippen molar-refractivity contribution in [1.82, 2.24) is 21.3 Å². The summed E-state index contributed by atoms with van der Waals surface area (Å²) >= 11 is 10.2. The number of thiocarbonyl (C=S) groups is 2. The number of hydrogen-bond acceptors (Lipinski definition) is 2. The Morgan fingerprint density at radius 2 is 1.88 bits per heavy atom. The van der Waals surface area contributed by atoms with E-state index in [4.69, 9.17) is 24.4 Å². The van der Waals surface area contributed by atoms with Gasteiger partial charge >= 0.3 is 0 Å². The molecule has 4 nitrogen and oxygen atoms in total. The van der Waals surface area contributed by atoms with Crippen molar-refractivity contribution in [2.75, 3.05) is 0 Å². The van der Waals surface area contributed by atoms with Crippen LogP contribution in [0.4, 0.5) is 0 Å². The molecule has 0 saturated carbocycles. The third-order valence-electron chi connectivity index (χ3n) is 2.89. The van der Waals surface area contributed by atoms with E-state index in [1.54, 1.807) is 0 Å². The molecule has 2 heterocycles. The van der Waals surface area contributed by atoms with Gasteiger partial charge in [-0.05, 0) is 50.3 Å². The zero-order chi connectivity index (χ0) is 11.7. The van der Waals surface area contributed by atoms with E-state index in [0.29, 0.717) is 11.2 Å². The van der Waals surface area contributed by atoms with Gasteiger partial charge < -0.3 is 21.3 Å². The highest BCUT2D eigenvalue weighted by Gasteiger charge is 2.28. The average molecular weight is 256 g/mol. The summed E-state index contributed by atoms with van der Waals surface area (Å²) in [5.74, 6) is 0. The number of hydrogen-bond donors (Lipinski definition) is 4. The maximum atomic E-state index is 5.17. The van der Waals surface area contributed by atoms with Crippen LogP contribution in [0.1, 0.15) is 20.3 Å². The Labute approximate surface area is 106 Å². The van der Waals surface area contributed by atoms with E-state index in [1.165, 1.54) is 5.57 Å². The molecule has 0 bridgehead atoms. The van der Waals surface area contributed by atoms with Gasteiger partial charge in [-0.25, -0.2) is 0 Å². The van der Waals surface area contributed by atoms with Gasteiger partial charge in [0.1, 0.15) is 0 Å². The van der Waals surface area contributed by atoms with E-state index in [-0.39, 0.29) is 12.1 Å². The van der Waals surface area contributed by atoms with Crippen LogP contribution in [0, 0.1) is 0 Å². The molecule has 0 radical (unpaired) electrons. The lowest BCUT2D eigenvalue weighted by Gasteiger charge is -2.36. The van der Waals surface area contributed by atoms with Crippen LogP contribution in [0.25, 0.3) is 0 Å². The second kappa shape index (κ2) is 4.55. The van der Waals surface area contributed by atoms with Crippen LogP contribution < -0.4 is 21.3 Å². The quantitative estimate of drug-likeness (QED) is 0.508. The van der Waals surface area contributed by atoms with E-state index in [9.17, 15) is 0 Å². The molecule has 16 heavy (non-hydrogen) atoms. The minimum absolute atomic E-state index is 0.249. The van der Waals surface area contributed by atoms with Crippen molar-refractivity contribution < 1.29 is 0 Å². The first kappa shape index (κ1) is 11.6. The van der Waals surface area contributed by atoms with Gasteiger partial charge in [0.05, 0.1) is 12.1 Å². The molecule has 0 spiro atoms. The van der Waals surface area contributed by atoms with E-state index >= 15 is 0 Å². The molecule has 3 atom stereocenters. The van der Waals surface area contributed by atoms with Crippen molar-refractivity contribution in [1.29, 1.82) is 0 Å². The second-order valence-corrected chi connectivity index (χ2v) is 5.11. The molecule has 88 valence electrons. The van der Waals surface area contributed by atoms with Gasteiger partial charge in [0.25, 0.3) is 0 Å². The molecular formula is C10H16N4S2. The lowest BCUT2D eigenvalue weighted by atomic mass is 9.93. The molecule has 0 unspecified atom stereocenters. The fourth-order valence-electron chi connectivity index (χ4n) is 2.11. The van der Waals surface area contributed by atoms with Gasteiger partial charge in [-0.1, -0.05) is 0 Å². The molecule has 0 aliphatic carbocycles. The Morgan fingerprint density at radius 3 is 2.50 bits per heavy atom. The highest BCUT2D eigenvalue weighted by molar-refractivity contribution is 7.80. The SMILES string of the molecule is C[C@@H]1C[C@@H](C2=CNC(=S)N[C@H]2C)NC(=S)N1. The summed E-state index contributed by atoms with van der Waals surface area (Å²) in [5.41, 5.74) is 1.27. The largest absolute Gasteiger partial charge is 0.360 e. The van der Waals surface area contributed by atoms with Crippen molar-refractivity contribution in [2.45, 2.75) is 38.4 Å². The van der Waals surface area contributed by atoms with Gasteiger partial charge in [0, 0.05) is 12.2 Å². The Kier molecular flexibility index (Phi) is 3.30. The van der Waals surface area contributed by atoms with E-state index < -0.39 is 0 Å². The number of nitrogens with one attached hydrogen (secondary N) is 4. The van der Waals surface area contributed by atoms with Gasteiger partial charge in [0.2, 0.25) is 0 Å². The topological polar surface area (TPSA) is 48.1 Å². The van der Waals surface area contributed by atoms with E-state index in [1.807, 2.05) is 6.20 Å². The van der Waals surface area contributed by atoms with Gasteiger partial charge in [0.15, 0.2) is 10.2 Å².